The van der Waals surface area contributed by atoms with Crippen LogP contribution >= 0.6 is 12.2 Å². The minimum absolute atomic E-state index is 0.00417. The second kappa shape index (κ2) is 5.07. The Balaban J connectivity index is 3.11. The number of likely N-dealkylation sites (N-methyl/N-ethyl adjacent to an activating group) is 1. The van der Waals surface area contributed by atoms with Crippen molar-refractivity contribution in [3.63, 3.8) is 0 Å². The lowest BCUT2D eigenvalue weighted by molar-refractivity contribution is 0.451. The van der Waals surface area contributed by atoms with E-state index >= 15 is 0 Å². The Kier molecular flexibility index (Phi) is 4.18. The monoisotopic (exact) mass is 276 g/mol. The molecule has 0 bridgehead atoms. The average molecular weight is 276 g/mol. The third-order valence-electron chi connectivity index (χ3n) is 2.45. The van der Waals surface area contributed by atoms with Crippen LogP contribution in [0.1, 0.15) is 6.92 Å². The maximum Gasteiger partial charge on any atom is 0.243 e. The van der Waals surface area contributed by atoms with E-state index in [1.54, 1.807) is 6.92 Å². The van der Waals surface area contributed by atoms with Gasteiger partial charge in [-0.2, -0.15) is 4.31 Å². The van der Waals surface area contributed by atoms with Crippen LogP contribution in [-0.4, -0.2) is 30.8 Å². The van der Waals surface area contributed by atoms with Crippen molar-refractivity contribution in [3.8, 4) is 0 Å². The van der Waals surface area contributed by atoms with Gasteiger partial charge in [-0.15, -0.1) is 0 Å². The number of nitrogens with two attached hydrogens (primary N) is 1. The number of benzene rings is 1. The molecule has 0 saturated carbocycles. The van der Waals surface area contributed by atoms with Crippen LogP contribution in [0.3, 0.4) is 0 Å². The van der Waals surface area contributed by atoms with Gasteiger partial charge in [0.1, 0.15) is 5.82 Å². The fraction of sp³-hybridized carbons (Fsp3) is 0.300. The minimum atomic E-state index is -3.70. The number of sulfonamides is 1. The molecule has 0 aliphatic heterocycles. The van der Waals surface area contributed by atoms with Gasteiger partial charge in [0.05, 0.1) is 15.9 Å². The summed E-state index contributed by atoms with van der Waals surface area (Å²) >= 11 is 4.75. The maximum absolute atomic E-state index is 12.7. The second-order valence-corrected chi connectivity index (χ2v) is 6.02. The highest BCUT2D eigenvalue weighted by molar-refractivity contribution is 7.89. The number of hydrogen-bond acceptors (Lipinski definition) is 3. The lowest BCUT2D eigenvalue weighted by Gasteiger charge is -2.23. The summed E-state index contributed by atoms with van der Waals surface area (Å²) in [4.78, 5) is 0.0858. The molecule has 4 nitrogen and oxygen atoms in total. The van der Waals surface area contributed by atoms with Crippen LogP contribution in [0.2, 0.25) is 0 Å². The summed E-state index contributed by atoms with van der Waals surface area (Å²) in [6, 6.07) is 3.99. The van der Waals surface area contributed by atoms with E-state index in [4.69, 9.17) is 18.0 Å². The molecular formula is C10H13FN2O2S2. The largest absolute Gasteiger partial charge is 0.392 e. The van der Waals surface area contributed by atoms with Crippen molar-refractivity contribution in [1.29, 1.82) is 0 Å². The zero-order valence-electron chi connectivity index (χ0n) is 9.42. The minimum Gasteiger partial charge on any atom is -0.392 e. The second-order valence-electron chi connectivity index (χ2n) is 3.55. The summed E-state index contributed by atoms with van der Waals surface area (Å²) < 4.78 is 37.9. The van der Waals surface area contributed by atoms with Gasteiger partial charge in [0, 0.05) is 7.05 Å². The molecule has 1 aromatic carbocycles. The van der Waals surface area contributed by atoms with E-state index in [9.17, 15) is 12.8 Å². The van der Waals surface area contributed by atoms with Gasteiger partial charge in [-0.1, -0.05) is 12.2 Å². The Hall–Kier alpha value is -1.05. The van der Waals surface area contributed by atoms with E-state index in [0.717, 1.165) is 16.4 Å². The Labute approximate surface area is 105 Å². The highest BCUT2D eigenvalue weighted by atomic mass is 32.2. The van der Waals surface area contributed by atoms with Crippen LogP contribution in [0.5, 0.6) is 0 Å². The van der Waals surface area contributed by atoms with Gasteiger partial charge in [0.15, 0.2) is 0 Å². The third kappa shape index (κ3) is 2.99. The first-order valence-corrected chi connectivity index (χ1v) is 6.64. The molecule has 0 aliphatic rings. The first-order valence-electron chi connectivity index (χ1n) is 4.79. The van der Waals surface area contributed by atoms with E-state index in [2.05, 4.69) is 0 Å². The van der Waals surface area contributed by atoms with Gasteiger partial charge < -0.3 is 5.73 Å². The van der Waals surface area contributed by atoms with Gasteiger partial charge in [0.2, 0.25) is 10.0 Å². The summed E-state index contributed by atoms with van der Waals surface area (Å²) in [5.74, 6) is -0.492. The fourth-order valence-corrected chi connectivity index (χ4v) is 2.73. The first-order chi connectivity index (χ1) is 7.76. The molecular weight excluding hydrogens is 263 g/mol. The third-order valence-corrected chi connectivity index (χ3v) is 4.73. The molecule has 1 unspecified atom stereocenters. The number of hydrogen-bond donors (Lipinski definition) is 1. The van der Waals surface area contributed by atoms with E-state index in [1.807, 2.05) is 0 Å². The van der Waals surface area contributed by atoms with Crippen molar-refractivity contribution in [2.45, 2.75) is 17.9 Å². The van der Waals surface area contributed by atoms with Gasteiger partial charge in [-0.05, 0) is 31.2 Å². The standard InChI is InChI=1S/C10H13FN2O2S2/c1-7(10(12)16)13(2)17(14,15)9-5-3-8(11)4-6-9/h3-7H,1-2H3,(H2,12,16). The van der Waals surface area contributed by atoms with Crippen molar-refractivity contribution < 1.29 is 12.8 Å². The summed E-state index contributed by atoms with van der Waals surface area (Å²) in [5.41, 5.74) is 5.40. The van der Waals surface area contributed by atoms with Gasteiger partial charge >= 0.3 is 0 Å². The molecule has 0 heterocycles. The van der Waals surface area contributed by atoms with Crippen LogP contribution in [0, 0.1) is 5.82 Å². The van der Waals surface area contributed by atoms with Crippen LogP contribution < -0.4 is 5.73 Å². The molecule has 0 amide bonds. The van der Waals surface area contributed by atoms with E-state index in [-0.39, 0.29) is 9.88 Å². The van der Waals surface area contributed by atoms with E-state index < -0.39 is 21.9 Å². The number of thiocarbonyl (C=S) groups is 1. The zero-order chi connectivity index (χ0) is 13.2. The zero-order valence-corrected chi connectivity index (χ0v) is 11.1. The van der Waals surface area contributed by atoms with Crippen molar-refractivity contribution in [2.75, 3.05) is 7.05 Å². The molecule has 17 heavy (non-hydrogen) atoms. The Morgan fingerprint density at radius 2 is 1.88 bits per heavy atom. The summed E-state index contributed by atoms with van der Waals surface area (Å²) in [6.45, 7) is 1.59. The fourth-order valence-electron chi connectivity index (χ4n) is 1.16. The van der Waals surface area contributed by atoms with Crippen molar-refractivity contribution >= 4 is 27.2 Å². The molecule has 0 spiro atoms. The summed E-state index contributed by atoms with van der Waals surface area (Å²) in [7, 11) is -2.32. The Morgan fingerprint density at radius 1 is 1.41 bits per heavy atom. The van der Waals surface area contributed by atoms with E-state index in [0.29, 0.717) is 0 Å². The first kappa shape index (κ1) is 14.0. The van der Waals surface area contributed by atoms with E-state index in [1.165, 1.54) is 19.2 Å². The topological polar surface area (TPSA) is 63.4 Å². The number of nitrogens with zero attached hydrogens (tertiary/aromatic N) is 1. The molecule has 0 saturated heterocycles. The summed E-state index contributed by atoms with van der Waals surface area (Å²) in [6.07, 6.45) is 0. The lowest BCUT2D eigenvalue weighted by Crippen LogP contribution is -2.42. The summed E-state index contributed by atoms with van der Waals surface area (Å²) in [5, 5.41) is 0. The van der Waals surface area contributed by atoms with Crippen molar-refractivity contribution in [2.24, 2.45) is 5.73 Å². The molecule has 0 fully saturated rings. The predicted molar refractivity (Wildman–Crippen MR) is 67.6 cm³/mol. The molecule has 7 heteroatoms. The Bertz CT molecular complexity index is 514. The molecule has 1 rings (SSSR count). The smallest absolute Gasteiger partial charge is 0.243 e. The maximum atomic E-state index is 12.7. The van der Waals surface area contributed by atoms with Crippen LogP contribution in [0.25, 0.3) is 0 Å². The average Bonchev–Trinajstić information content (AvgIpc) is 2.27. The Morgan fingerprint density at radius 3 is 2.29 bits per heavy atom. The van der Waals surface area contributed by atoms with Crippen molar-refractivity contribution in [3.05, 3.63) is 30.1 Å². The highest BCUT2D eigenvalue weighted by Crippen LogP contribution is 2.16. The predicted octanol–water partition coefficient (Wildman–Crippen LogP) is 1.12. The molecule has 1 atom stereocenters. The highest BCUT2D eigenvalue weighted by Gasteiger charge is 2.26. The van der Waals surface area contributed by atoms with Crippen LogP contribution in [0.4, 0.5) is 4.39 Å². The lowest BCUT2D eigenvalue weighted by atomic mass is 10.3. The normalized spacial score (nSPS) is 13.6. The molecule has 2 N–H and O–H groups in total. The van der Waals surface area contributed by atoms with Crippen molar-refractivity contribution in [1.82, 2.24) is 4.31 Å². The van der Waals surface area contributed by atoms with Gasteiger partial charge in [-0.3, -0.25) is 0 Å². The number of halogens is 1. The quantitative estimate of drug-likeness (QED) is 0.837. The molecule has 0 aliphatic carbocycles. The van der Waals surface area contributed by atoms with Crippen LogP contribution in [0.15, 0.2) is 29.2 Å². The SMILES string of the molecule is CC(C(N)=S)N(C)S(=O)(=O)c1ccc(F)cc1. The van der Waals surface area contributed by atoms with Gasteiger partial charge in [-0.25, -0.2) is 12.8 Å². The van der Waals surface area contributed by atoms with Gasteiger partial charge in [0.25, 0.3) is 0 Å². The van der Waals surface area contributed by atoms with Crippen LogP contribution in [-0.2, 0) is 10.0 Å². The number of rotatable bonds is 4. The molecule has 0 aromatic heterocycles. The molecule has 94 valence electrons. The molecule has 0 radical (unpaired) electrons. The molecule has 1 aromatic rings.